The number of benzene rings is 1. The number of para-hydroxylation sites is 1. The van der Waals surface area contributed by atoms with Gasteiger partial charge in [0.25, 0.3) is 0 Å². The van der Waals surface area contributed by atoms with Gasteiger partial charge in [-0.1, -0.05) is 31.5 Å². The van der Waals surface area contributed by atoms with Gasteiger partial charge in [-0.3, -0.25) is 0 Å². The predicted octanol–water partition coefficient (Wildman–Crippen LogP) is 3.50. The van der Waals surface area contributed by atoms with Crippen LogP contribution in [0.3, 0.4) is 0 Å². The molecule has 2 aromatic rings. The Kier molecular flexibility index (Phi) is 3.85. The average Bonchev–Trinajstić information content (AvgIpc) is 2.65. The number of rotatable bonds is 5. The number of nitrogens with zero attached hydrogens (tertiary/aromatic N) is 2. The quantitative estimate of drug-likeness (QED) is 0.763. The van der Waals surface area contributed by atoms with E-state index in [9.17, 15) is 0 Å². The van der Waals surface area contributed by atoms with Crippen LogP contribution < -0.4 is 0 Å². The maximum atomic E-state index is 2.40. The van der Waals surface area contributed by atoms with E-state index in [2.05, 4.69) is 60.9 Å². The van der Waals surface area contributed by atoms with Gasteiger partial charge in [-0.2, -0.15) is 0 Å². The molecule has 17 heavy (non-hydrogen) atoms. The summed E-state index contributed by atoms with van der Waals surface area (Å²) in [6, 6.07) is 8.72. The second-order valence-corrected chi connectivity index (χ2v) is 4.96. The van der Waals surface area contributed by atoms with Crippen LogP contribution in [0.1, 0.15) is 25.3 Å². The van der Waals surface area contributed by atoms with Gasteiger partial charge in [0.1, 0.15) is 0 Å². The summed E-state index contributed by atoms with van der Waals surface area (Å²) in [6.07, 6.45) is 4.82. The van der Waals surface area contributed by atoms with Crippen molar-refractivity contribution in [2.24, 2.45) is 0 Å². The molecule has 2 rings (SSSR count). The van der Waals surface area contributed by atoms with Gasteiger partial charge in [0.2, 0.25) is 0 Å². The Labute approximate surface area is 104 Å². The number of unbranched alkanes of at least 4 members (excludes halogenated alkanes) is 1. The van der Waals surface area contributed by atoms with Gasteiger partial charge < -0.3 is 9.47 Å². The lowest BCUT2D eigenvalue weighted by Gasteiger charge is -2.07. The second kappa shape index (κ2) is 5.37. The lowest BCUT2D eigenvalue weighted by molar-refractivity contribution is 0.403. The first kappa shape index (κ1) is 12.2. The molecule has 0 aliphatic heterocycles. The molecular weight excluding hydrogens is 208 g/mol. The summed E-state index contributed by atoms with van der Waals surface area (Å²) in [5.74, 6) is 0. The Morgan fingerprint density at radius 3 is 2.65 bits per heavy atom. The fraction of sp³-hybridized carbons (Fsp3) is 0.467. The number of hydrogen-bond acceptors (Lipinski definition) is 1. The minimum atomic E-state index is 1.01. The van der Waals surface area contributed by atoms with Crippen LogP contribution in [0, 0.1) is 0 Å². The van der Waals surface area contributed by atoms with Crippen molar-refractivity contribution in [3.8, 4) is 0 Å². The van der Waals surface area contributed by atoms with Gasteiger partial charge in [-0.25, -0.2) is 0 Å². The molecule has 0 saturated carbocycles. The van der Waals surface area contributed by atoms with Crippen LogP contribution in [-0.2, 0) is 13.1 Å². The van der Waals surface area contributed by atoms with Crippen molar-refractivity contribution in [3.05, 3.63) is 36.0 Å². The number of hydrogen-bond donors (Lipinski definition) is 0. The van der Waals surface area contributed by atoms with E-state index in [1.807, 2.05) is 0 Å². The van der Waals surface area contributed by atoms with E-state index in [4.69, 9.17) is 0 Å². The molecule has 1 heterocycles. The summed E-state index contributed by atoms with van der Waals surface area (Å²) in [5, 5.41) is 1.40. The van der Waals surface area contributed by atoms with E-state index in [0.29, 0.717) is 0 Å². The molecule has 0 atom stereocenters. The monoisotopic (exact) mass is 230 g/mol. The Morgan fingerprint density at radius 1 is 1.18 bits per heavy atom. The summed E-state index contributed by atoms with van der Waals surface area (Å²) in [7, 11) is 4.25. The highest BCUT2D eigenvalue weighted by molar-refractivity contribution is 5.83. The molecule has 1 aromatic heterocycles. The lowest BCUT2D eigenvalue weighted by Crippen LogP contribution is -2.10. The zero-order valence-electron chi connectivity index (χ0n) is 11.1. The normalized spacial score (nSPS) is 11.5. The van der Waals surface area contributed by atoms with Crippen LogP contribution in [0.4, 0.5) is 0 Å². The highest BCUT2D eigenvalue weighted by atomic mass is 15.1. The summed E-state index contributed by atoms with van der Waals surface area (Å²) < 4.78 is 2.40. The van der Waals surface area contributed by atoms with Crippen molar-refractivity contribution >= 4 is 10.9 Å². The van der Waals surface area contributed by atoms with E-state index < -0.39 is 0 Å². The zero-order chi connectivity index (χ0) is 12.3. The summed E-state index contributed by atoms with van der Waals surface area (Å²) in [6.45, 7) is 4.39. The fourth-order valence-corrected chi connectivity index (χ4v) is 2.30. The Morgan fingerprint density at radius 2 is 1.94 bits per heavy atom. The molecule has 2 heteroatoms. The Hall–Kier alpha value is -1.28. The largest absolute Gasteiger partial charge is 0.347 e. The Bertz CT molecular complexity index is 483. The SMILES string of the molecule is CCCCn1cc(CN(C)C)c2ccccc21. The highest BCUT2D eigenvalue weighted by Crippen LogP contribution is 2.22. The minimum absolute atomic E-state index is 1.01. The third-order valence-corrected chi connectivity index (χ3v) is 3.11. The molecule has 0 N–H and O–H groups in total. The average molecular weight is 230 g/mol. The smallest absolute Gasteiger partial charge is 0.0483 e. The van der Waals surface area contributed by atoms with E-state index in [-0.39, 0.29) is 0 Å². The van der Waals surface area contributed by atoms with Gasteiger partial charge in [0.15, 0.2) is 0 Å². The first-order valence-corrected chi connectivity index (χ1v) is 6.44. The van der Waals surface area contributed by atoms with Gasteiger partial charge >= 0.3 is 0 Å². The molecular formula is C15H22N2. The van der Waals surface area contributed by atoms with Crippen LogP contribution in [0.25, 0.3) is 10.9 Å². The zero-order valence-corrected chi connectivity index (χ0v) is 11.1. The first-order valence-electron chi connectivity index (χ1n) is 6.44. The third kappa shape index (κ3) is 2.70. The molecule has 0 spiro atoms. The minimum Gasteiger partial charge on any atom is -0.347 e. The molecule has 92 valence electrons. The van der Waals surface area contributed by atoms with Crippen molar-refractivity contribution in [2.45, 2.75) is 32.9 Å². The molecule has 0 bridgehead atoms. The second-order valence-electron chi connectivity index (χ2n) is 4.96. The molecule has 1 aromatic carbocycles. The molecule has 0 aliphatic rings. The number of aromatic nitrogens is 1. The standard InChI is InChI=1S/C15H22N2/c1-4-5-10-17-12-13(11-16(2)3)14-8-6-7-9-15(14)17/h6-9,12H,4-5,10-11H2,1-3H3. The number of aryl methyl sites for hydroxylation is 1. The molecule has 0 unspecified atom stereocenters. The van der Waals surface area contributed by atoms with Gasteiger partial charge in [0.05, 0.1) is 0 Å². The van der Waals surface area contributed by atoms with E-state index in [1.54, 1.807) is 0 Å². The highest BCUT2D eigenvalue weighted by Gasteiger charge is 2.07. The topological polar surface area (TPSA) is 8.17 Å². The van der Waals surface area contributed by atoms with E-state index in [1.165, 1.54) is 29.3 Å². The lowest BCUT2D eigenvalue weighted by atomic mass is 10.2. The van der Waals surface area contributed by atoms with Crippen molar-refractivity contribution in [2.75, 3.05) is 14.1 Å². The summed E-state index contributed by atoms with van der Waals surface area (Å²) >= 11 is 0. The third-order valence-electron chi connectivity index (χ3n) is 3.11. The van der Waals surface area contributed by atoms with Crippen LogP contribution in [0.15, 0.2) is 30.5 Å². The van der Waals surface area contributed by atoms with Crippen molar-refractivity contribution in [3.63, 3.8) is 0 Å². The van der Waals surface area contributed by atoms with Crippen molar-refractivity contribution in [1.82, 2.24) is 9.47 Å². The van der Waals surface area contributed by atoms with Gasteiger partial charge in [-0.15, -0.1) is 0 Å². The van der Waals surface area contributed by atoms with Crippen LogP contribution in [0.2, 0.25) is 0 Å². The fourth-order valence-electron chi connectivity index (χ4n) is 2.30. The van der Waals surface area contributed by atoms with Crippen LogP contribution >= 0.6 is 0 Å². The summed E-state index contributed by atoms with van der Waals surface area (Å²) in [4.78, 5) is 2.23. The number of fused-ring (bicyclic) bond motifs is 1. The van der Waals surface area contributed by atoms with Crippen molar-refractivity contribution < 1.29 is 0 Å². The van der Waals surface area contributed by atoms with E-state index in [0.717, 1.165) is 13.1 Å². The molecule has 0 radical (unpaired) electrons. The molecule has 0 saturated heterocycles. The van der Waals surface area contributed by atoms with Crippen LogP contribution in [-0.4, -0.2) is 23.6 Å². The molecule has 2 nitrogen and oxygen atoms in total. The summed E-state index contributed by atoms with van der Waals surface area (Å²) in [5.41, 5.74) is 2.81. The van der Waals surface area contributed by atoms with E-state index >= 15 is 0 Å². The first-order chi connectivity index (χ1) is 8.22. The van der Waals surface area contributed by atoms with Crippen LogP contribution in [0.5, 0.6) is 0 Å². The Balaban J connectivity index is 2.39. The molecule has 0 amide bonds. The van der Waals surface area contributed by atoms with Gasteiger partial charge in [-0.05, 0) is 32.1 Å². The molecule has 0 fully saturated rings. The predicted molar refractivity (Wildman–Crippen MR) is 74.2 cm³/mol. The molecule has 0 aliphatic carbocycles. The maximum Gasteiger partial charge on any atom is 0.0483 e. The maximum absolute atomic E-state index is 2.40. The van der Waals surface area contributed by atoms with Crippen molar-refractivity contribution in [1.29, 1.82) is 0 Å². The van der Waals surface area contributed by atoms with Gasteiger partial charge in [0, 0.05) is 30.2 Å².